The van der Waals surface area contributed by atoms with E-state index in [1.807, 2.05) is 24.0 Å². The van der Waals surface area contributed by atoms with Gasteiger partial charge in [-0.25, -0.2) is 0 Å². The molecule has 5 heteroatoms. The standard InChI is InChI=1S/C10H17N5/c1-14(9-3-4-9)10(11)12-6-8-15-7-2-5-13-15/h2,5,7,9H,3-4,6,8H2,1H3,(H2,11,12). The molecule has 1 aliphatic carbocycles. The molecule has 0 aliphatic heterocycles. The van der Waals surface area contributed by atoms with Crippen molar-refractivity contribution in [1.82, 2.24) is 14.7 Å². The normalized spacial score (nSPS) is 16.7. The highest BCUT2D eigenvalue weighted by Crippen LogP contribution is 2.24. The molecule has 1 fully saturated rings. The Morgan fingerprint density at radius 1 is 1.67 bits per heavy atom. The molecule has 0 amide bonds. The number of aromatic nitrogens is 2. The van der Waals surface area contributed by atoms with Crippen LogP contribution in [0.3, 0.4) is 0 Å². The van der Waals surface area contributed by atoms with Gasteiger partial charge in [0.05, 0.1) is 13.1 Å². The summed E-state index contributed by atoms with van der Waals surface area (Å²) in [7, 11) is 2.00. The maximum Gasteiger partial charge on any atom is 0.191 e. The van der Waals surface area contributed by atoms with Gasteiger partial charge in [-0.3, -0.25) is 9.67 Å². The van der Waals surface area contributed by atoms with Crippen molar-refractivity contribution in [3.8, 4) is 0 Å². The van der Waals surface area contributed by atoms with E-state index in [1.54, 1.807) is 6.20 Å². The van der Waals surface area contributed by atoms with Gasteiger partial charge in [0.1, 0.15) is 0 Å². The Bertz CT molecular complexity index is 326. The molecule has 1 aliphatic rings. The smallest absolute Gasteiger partial charge is 0.191 e. The minimum absolute atomic E-state index is 0.624. The van der Waals surface area contributed by atoms with Gasteiger partial charge in [0.2, 0.25) is 0 Å². The number of hydrogen-bond acceptors (Lipinski definition) is 2. The van der Waals surface area contributed by atoms with Crippen molar-refractivity contribution in [2.45, 2.75) is 25.4 Å². The number of guanidine groups is 1. The van der Waals surface area contributed by atoms with Crippen LogP contribution in [-0.2, 0) is 6.54 Å². The molecule has 2 rings (SSSR count). The Morgan fingerprint density at radius 3 is 3.07 bits per heavy atom. The highest BCUT2D eigenvalue weighted by molar-refractivity contribution is 5.78. The second-order valence-electron chi connectivity index (χ2n) is 3.85. The molecule has 0 spiro atoms. The van der Waals surface area contributed by atoms with Gasteiger partial charge in [0, 0.05) is 25.5 Å². The Morgan fingerprint density at radius 2 is 2.47 bits per heavy atom. The lowest BCUT2D eigenvalue weighted by Crippen LogP contribution is -2.35. The number of aliphatic imine (C=N–C) groups is 1. The lowest BCUT2D eigenvalue weighted by atomic mass is 10.6. The summed E-state index contributed by atoms with van der Waals surface area (Å²) in [5.74, 6) is 0.643. The summed E-state index contributed by atoms with van der Waals surface area (Å²) in [6.07, 6.45) is 6.18. The number of rotatable bonds is 4. The van der Waals surface area contributed by atoms with Crippen LogP contribution in [0.15, 0.2) is 23.5 Å². The monoisotopic (exact) mass is 207 g/mol. The van der Waals surface area contributed by atoms with Crippen LogP contribution in [0.1, 0.15) is 12.8 Å². The molecule has 1 aromatic rings. The topological polar surface area (TPSA) is 59.4 Å². The van der Waals surface area contributed by atoms with Crippen LogP contribution in [0.4, 0.5) is 0 Å². The first-order chi connectivity index (χ1) is 7.27. The van der Waals surface area contributed by atoms with E-state index in [2.05, 4.69) is 15.0 Å². The summed E-state index contributed by atoms with van der Waals surface area (Å²) in [5, 5.41) is 4.10. The minimum atomic E-state index is 0.624. The van der Waals surface area contributed by atoms with Crippen LogP contribution in [0, 0.1) is 0 Å². The Kier molecular flexibility index (Phi) is 2.89. The molecule has 1 heterocycles. The summed E-state index contributed by atoms with van der Waals surface area (Å²) in [6.45, 7) is 1.47. The Balaban J connectivity index is 1.77. The zero-order valence-corrected chi connectivity index (χ0v) is 9.00. The van der Waals surface area contributed by atoms with E-state index in [4.69, 9.17) is 5.73 Å². The molecule has 0 aromatic carbocycles. The fourth-order valence-electron chi connectivity index (χ4n) is 1.46. The van der Waals surface area contributed by atoms with Crippen LogP contribution < -0.4 is 5.73 Å². The molecule has 0 radical (unpaired) electrons. The lowest BCUT2D eigenvalue weighted by Gasteiger charge is -2.16. The van der Waals surface area contributed by atoms with Crippen LogP contribution in [-0.4, -0.2) is 40.3 Å². The lowest BCUT2D eigenvalue weighted by molar-refractivity contribution is 0.485. The molecular formula is C10H17N5. The first-order valence-electron chi connectivity index (χ1n) is 5.27. The highest BCUT2D eigenvalue weighted by Gasteiger charge is 2.27. The summed E-state index contributed by atoms with van der Waals surface area (Å²) < 4.78 is 1.86. The maximum absolute atomic E-state index is 5.84. The molecule has 82 valence electrons. The van der Waals surface area contributed by atoms with E-state index in [9.17, 15) is 0 Å². The molecule has 1 saturated carbocycles. The van der Waals surface area contributed by atoms with Gasteiger partial charge < -0.3 is 10.6 Å². The van der Waals surface area contributed by atoms with Gasteiger partial charge in [-0.2, -0.15) is 5.10 Å². The second-order valence-corrected chi connectivity index (χ2v) is 3.85. The van der Waals surface area contributed by atoms with Gasteiger partial charge in [0.15, 0.2) is 5.96 Å². The van der Waals surface area contributed by atoms with E-state index >= 15 is 0 Å². The third-order valence-corrected chi connectivity index (χ3v) is 2.62. The summed E-state index contributed by atoms with van der Waals surface area (Å²) in [4.78, 5) is 6.38. The summed E-state index contributed by atoms with van der Waals surface area (Å²) >= 11 is 0. The molecule has 5 nitrogen and oxygen atoms in total. The van der Waals surface area contributed by atoms with Gasteiger partial charge in [-0.15, -0.1) is 0 Å². The van der Waals surface area contributed by atoms with Crippen molar-refractivity contribution in [1.29, 1.82) is 0 Å². The van der Waals surface area contributed by atoms with Gasteiger partial charge in [0.25, 0.3) is 0 Å². The quantitative estimate of drug-likeness (QED) is 0.570. The second kappa shape index (κ2) is 4.33. The average molecular weight is 207 g/mol. The van der Waals surface area contributed by atoms with Crippen molar-refractivity contribution < 1.29 is 0 Å². The van der Waals surface area contributed by atoms with Crippen molar-refractivity contribution in [3.05, 3.63) is 18.5 Å². The Labute approximate surface area is 89.6 Å². The fourth-order valence-corrected chi connectivity index (χ4v) is 1.46. The first-order valence-corrected chi connectivity index (χ1v) is 5.27. The molecule has 0 atom stereocenters. The molecule has 15 heavy (non-hydrogen) atoms. The van der Waals surface area contributed by atoms with Gasteiger partial charge >= 0.3 is 0 Å². The molecular weight excluding hydrogens is 190 g/mol. The average Bonchev–Trinajstić information content (AvgIpc) is 2.96. The highest BCUT2D eigenvalue weighted by atomic mass is 15.3. The first kappa shape index (κ1) is 10.0. The molecule has 0 bridgehead atoms. The molecule has 0 unspecified atom stereocenters. The maximum atomic E-state index is 5.84. The van der Waals surface area contributed by atoms with Crippen molar-refractivity contribution >= 4 is 5.96 Å². The predicted molar refractivity (Wildman–Crippen MR) is 59.5 cm³/mol. The minimum Gasteiger partial charge on any atom is -0.370 e. The van der Waals surface area contributed by atoms with E-state index < -0.39 is 0 Å². The van der Waals surface area contributed by atoms with Crippen LogP contribution in [0.25, 0.3) is 0 Å². The largest absolute Gasteiger partial charge is 0.370 e. The van der Waals surface area contributed by atoms with E-state index in [1.165, 1.54) is 12.8 Å². The number of hydrogen-bond donors (Lipinski definition) is 1. The molecule has 1 aromatic heterocycles. The molecule has 0 saturated heterocycles. The van der Waals surface area contributed by atoms with Gasteiger partial charge in [-0.1, -0.05) is 0 Å². The predicted octanol–water partition coefficient (Wildman–Crippen LogP) is 0.292. The van der Waals surface area contributed by atoms with Crippen LogP contribution in [0.5, 0.6) is 0 Å². The third kappa shape index (κ3) is 2.71. The number of nitrogens with two attached hydrogens (primary N) is 1. The van der Waals surface area contributed by atoms with E-state index in [0.29, 0.717) is 18.5 Å². The zero-order chi connectivity index (χ0) is 10.7. The zero-order valence-electron chi connectivity index (χ0n) is 9.00. The summed E-state index contributed by atoms with van der Waals surface area (Å²) in [6, 6.07) is 2.53. The number of nitrogens with zero attached hydrogens (tertiary/aromatic N) is 4. The van der Waals surface area contributed by atoms with Crippen molar-refractivity contribution in [3.63, 3.8) is 0 Å². The van der Waals surface area contributed by atoms with E-state index in [0.717, 1.165) is 6.54 Å². The van der Waals surface area contributed by atoms with Crippen molar-refractivity contribution in [2.75, 3.05) is 13.6 Å². The summed E-state index contributed by atoms with van der Waals surface area (Å²) in [5.41, 5.74) is 5.84. The SMILES string of the molecule is CN(C(N)=NCCn1cccn1)C1CC1. The molecule has 2 N–H and O–H groups in total. The fraction of sp³-hybridized carbons (Fsp3) is 0.600. The van der Waals surface area contributed by atoms with Crippen LogP contribution in [0.2, 0.25) is 0 Å². The Hall–Kier alpha value is -1.52. The van der Waals surface area contributed by atoms with Gasteiger partial charge in [-0.05, 0) is 18.9 Å². The third-order valence-electron chi connectivity index (χ3n) is 2.62. The van der Waals surface area contributed by atoms with Crippen molar-refractivity contribution in [2.24, 2.45) is 10.7 Å². The van der Waals surface area contributed by atoms with E-state index in [-0.39, 0.29) is 0 Å². The van der Waals surface area contributed by atoms with Crippen LogP contribution >= 0.6 is 0 Å².